The molecule has 2 aliphatic rings. The molecular weight excluding hydrogens is 358 g/mol. The topological polar surface area (TPSA) is 73.9 Å². The van der Waals surface area contributed by atoms with Gasteiger partial charge in [-0.25, -0.2) is 4.79 Å². The highest BCUT2D eigenvalue weighted by molar-refractivity contribution is 6.03. The number of methoxy groups -OCH3 is 1. The lowest BCUT2D eigenvalue weighted by atomic mass is 9.75. The monoisotopic (exact) mass is 385 g/mol. The van der Waals surface area contributed by atoms with Crippen LogP contribution >= 0.6 is 0 Å². The average Bonchev–Trinajstić information content (AvgIpc) is 2.70. The van der Waals surface area contributed by atoms with Crippen molar-refractivity contribution in [3.63, 3.8) is 0 Å². The van der Waals surface area contributed by atoms with Gasteiger partial charge in [0.05, 0.1) is 19.3 Å². The van der Waals surface area contributed by atoms with Crippen molar-refractivity contribution >= 4 is 11.8 Å². The van der Waals surface area contributed by atoms with Crippen LogP contribution in [-0.2, 0) is 19.1 Å². The Morgan fingerprint density at radius 1 is 1.25 bits per heavy atom. The summed E-state index contributed by atoms with van der Waals surface area (Å²) in [6.07, 6.45) is 2.11. The Labute approximate surface area is 165 Å². The molecule has 1 aliphatic heterocycles. The molecule has 6 nitrogen and oxygen atoms in total. The summed E-state index contributed by atoms with van der Waals surface area (Å²) in [7, 11) is 1.60. The maximum atomic E-state index is 13.0. The molecule has 0 radical (unpaired) electrons. The van der Waals surface area contributed by atoms with Crippen LogP contribution in [-0.4, -0.2) is 38.7 Å². The molecule has 3 rings (SSSR count). The maximum Gasteiger partial charge on any atom is 0.336 e. The first kappa shape index (κ1) is 20.1. The Morgan fingerprint density at radius 2 is 2.07 bits per heavy atom. The molecular formula is C22H27NO5. The van der Waals surface area contributed by atoms with Crippen LogP contribution in [0.4, 0.5) is 0 Å². The summed E-state index contributed by atoms with van der Waals surface area (Å²) in [6, 6.07) is 7.52. The van der Waals surface area contributed by atoms with E-state index >= 15 is 0 Å². The lowest BCUT2D eigenvalue weighted by molar-refractivity contribution is -0.140. The lowest BCUT2D eigenvalue weighted by Crippen LogP contribution is -2.34. The first-order chi connectivity index (χ1) is 13.6. The summed E-state index contributed by atoms with van der Waals surface area (Å²) in [6.45, 7) is 4.83. The first-order valence-electron chi connectivity index (χ1n) is 9.69. The van der Waals surface area contributed by atoms with Crippen LogP contribution in [0.25, 0.3) is 0 Å². The van der Waals surface area contributed by atoms with E-state index in [1.165, 1.54) is 0 Å². The summed E-state index contributed by atoms with van der Waals surface area (Å²) in [5.74, 6) is -0.127. The fourth-order valence-corrected chi connectivity index (χ4v) is 3.82. The van der Waals surface area contributed by atoms with Crippen molar-refractivity contribution in [3.8, 4) is 5.75 Å². The zero-order valence-electron chi connectivity index (χ0n) is 16.7. The van der Waals surface area contributed by atoms with E-state index in [0.717, 1.165) is 29.8 Å². The third kappa shape index (κ3) is 4.12. The minimum atomic E-state index is -0.459. The van der Waals surface area contributed by atoms with Crippen LogP contribution in [0.5, 0.6) is 5.75 Å². The number of dihydropyridines is 1. The number of esters is 1. The molecule has 1 heterocycles. The number of Topliss-reactive ketones (excluding diaryl/α,β-unsaturated/α-hetero) is 1. The van der Waals surface area contributed by atoms with Crippen molar-refractivity contribution in [3.05, 3.63) is 52.4 Å². The van der Waals surface area contributed by atoms with E-state index in [0.29, 0.717) is 36.5 Å². The Kier molecular flexibility index (Phi) is 6.52. The number of benzene rings is 1. The molecule has 150 valence electrons. The number of nitrogens with one attached hydrogen (secondary N) is 1. The van der Waals surface area contributed by atoms with E-state index in [4.69, 9.17) is 14.2 Å². The van der Waals surface area contributed by atoms with Crippen molar-refractivity contribution < 1.29 is 23.8 Å². The van der Waals surface area contributed by atoms with Gasteiger partial charge in [-0.2, -0.15) is 0 Å². The molecule has 0 spiro atoms. The predicted molar refractivity (Wildman–Crippen MR) is 105 cm³/mol. The van der Waals surface area contributed by atoms with E-state index in [1.54, 1.807) is 7.11 Å². The van der Waals surface area contributed by atoms with Gasteiger partial charge in [-0.1, -0.05) is 12.1 Å². The number of ketones is 1. The minimum absolute atomic E-state index is 0.0775. The van der Waals surface area contributed by atoms with E-state index in [2.05, 4.69) is 5.32 Å². The summed E-state index contributed by atoms with van der Waals surface area (Å²) < 4.78 is 16.1. The van der Waals surface area contributed by atoms with Gasteiger partial charge < -0.3 is 19.5 Å². The van der Waals surface area contributed by atoms with Gasteiger partial charge in [-0.05, 0) is 44.4 Å². The number of ether oxygens (including phenoxy) is 3. The van der Waals surface area contributed by atoms with Crippen LogP contribution < -0.4 is 10.1 Å². The molecule has 0 bridgehead atoms. The van der Waals surface area contributed by atoms with E-state index in [-0.39, 0.29) is 12.4 Å². The van der Waals surface area contributed by atoms with Gasteiger partial charge >= 0.3 is 5.97 Å². The number of rotatable bonds is 7. The van der Waals surface area contributed by atoms with E-state index in [1.807, 2.05) is 38.1 Å². The Balaban J connectivity index is 2.00. The molecule has 0 unspecified atom stereocenters. The molecule has 28 heavy (non-hydrogen) atoms. The molecule has 0 amide bonds. The first-order valence-corrected chi connectivity index (χ1v) is 9.69. The molecule has 0 fully saturated rings. The van der Waals surface area contributed by atoms with Crippen molar-refractivity contribution in [2.24, 2.45) is 0 Å². The summed E-state index contributed by atoms with van der Waals surface area (Å²) in [5.41, 5.74) is 3.62. The molecule has 0 aromatic heterocycles. The zero-order chi connectivity index (χ0) is 20.1. The molecule has 1 aliphatic carbocycles. The van der Waals surface area contributed by atoms with Crippen LogP contribution in [0.1, 0.15) is 44.6 Å². The minimum Gasteiger partial charge on any atom is -0.497 e. The van der Waals surface area contributed by atoms with Crippen LogP contribution in [0.2, 0.25) is 0 Å². The number of hydrogen-bond donors (Lipinski definition) is 1. The zero-order valence-corrected chi connectivity index (χ0v) is 16.7. The highest BCUT2D eigenvalue weighted by Crippen LogP contribution is 2.43. The quantitative estimate of drug-likeness (QED) is 0.574. The van der Waals surface area contributed by atoms with Crippen molar-refractivity contribution in [2.75, 3.05) is 26.9 Å². The van der Waals surface area contributed by atoms with Crippen molar-refractivity contribution in [1.29, 1.82) is 0 Å². The van der Waals surface area contributed by atoms with Crippen LogP contribution in [0.3, 0.4) is 0 Å². The number of carbonyl (C=O) groups is 2. The normalized spacial score (nSPS) is 19.2. The fraction of sp³-hybridized carbons (Fsp3) is 0.455. The lowest BCUT2D eigenvalue weighted by Gasteiger charge is -2.34. The molecule has 1 atom stereocenters. The van der Waals surface area contributed by atoms with Gasteiger partial charge in [0.15, 0.2) is 5.78 Å². The number of allylic oxidation sites excluding steroid dienone is 3. The summed E-state index contributed by atoms with van der Waals surface area (Å²) in [4.78, 5) is 25.8. The largest absolute Gasteiger partial charge is 0.497 e. The van der Waals surface area contributed by atoms with Crippen molar-refractivity contribution in [1.82, 2.24) is 5.32 Å². The maximum absolute atomic E-state index is 13.0. The summed E-state index contributed by atoms with van der Waals surface area (Å²) in [5, 5.41) is 3.28. The van der Waals surface area contributed by atoms with Crippen LogP contribution in [0, 0.1) is 0 Å². The Morgan fingerprint density at radius 3 is 2.82 bits per heavy atom. The standard InChI is InChI=1S/C22H27NO5/c1-4-27-11-12-28-22(25)19-14(2)23-17-9-6-10-18(24)21(17)20(19)15-7-5-8-16(13-15)26-3/h5,7-8,13,20,23H,4,6,9-12H2,1-3H3/t20-/m1/s1. The molecule has 0 saturated carbocycles. The Bertz CT molecular complexity index is 824. The SMILES string of the molecule is CCOCCOC(=O)C1=C(C)NC2=C(C(=O)CCC2)[C@@H]1c1cccc(OC)c1. The second-order valence-electron chi connectivity index (χ2n) is 6.88. The third-order valence-corrected chi connectivity index (χ3v) is 5.09. The molecule has 6 heteroatoms. The third-order valence-electron chi connectivity index (χ3n) is 5.09. The highest BCUT2D eigenvalue weighted by Gasteiger charge is 2.39. The molecule has 1 aromatic rings. The predicted octanol–water partition coefficient (Wildman–Crippen LogP) is 3.24. The van der Waals surface area contributed by atoms with Crippen molar-refractivity contribution in [2.45, 2.75) is 39.0 Å². The van der Waals surface area contributed by atoms with Gasteiger partial charge in [-0.15, -0.1) is 0 Å². The average molecular weight is 385 g/mol. The smallest absolute Gasteiger partial charge is 0.336 e. The van der Waals surface area contributed by atoms with E-state index in [9.17, 15) is 9.59 Å². The molecule has 1 N–H and O–H groups in total. The van der Waals surface area contributed by atoms with Crippen LogP contribution in [0.15, 0.2) is 46.8 Å². The summed E-state index contributed by atoms with van der Waals surface area (Å²) >= 11 is 0. The second-order valence-corrected chi connectivity index (χ2v) is 6.88. The number of hydrogen-bond acceptors (Lipinski definition) is 6. The highest BCUT2D eigenvalue weighted by atomic mass is 16.6. The molecule has 1 aromatic carbocycles. The Hall–Kier alpha value is -2.60. The van der Waals surface area contributed by atoms with Gasteiger partial charge in [0.1, 0.15) is 12.4 Å². The molecule has 0 saturated heterocycles. The van der Waals surface area contributed by atoms with Gasteiger partial charge in [0.25, 0.3) is 0 Å². The number of carbonyl (C=O) groups excluding carboxylic acids is 2. The van der Waals surface area contributed by atoms with Gasteiger partial charge in [0.2, 0.25) is 0 Å². The van der Waals surface area contributed by atoms with Gasteiger partial charge in [-0.3, -0.25) is 4.79 Å². The van der Waals surface area contributed by atoms with Gasteiger partial charge in [0, 0.05) is 35.9 Å². The fourth-order valence-electron chi connectivity index (χ4n) is 3.82. The van der Waals surface area contributed by atoms with E-state index < -0.39 is 11.9 Å². The second kappa shape index (κ2) is 9.06.